The van der Waals surface area contributed by atoms with E-state index in [1.807, 2.05) is 4.90 Å². The minimum absolute atomic E-state index is 0.163. The summed E-state index contributed by atoms with van der Waals surface area (Å²) in [5, 5.41) is 10.9. The monoisotopic (exact) mass is 466 g/mol. The first-order chi connectivity index (χ1) is 15.6. The molecule has 3 aromatic rings. The molecule has 14 heteroatoms. The third-order valence-corrected chi connectivity index (χ3v) is 5.03. The van der Waals surface area contributed by atoms with Crippen LogP contribution in [0.3, 0.4) is 0 Å². The molecule has 0 unspecified atom stereocenters. The molecule has 1 fully saturated rings. The lowest BCUT2D eigenvalue weighted by atomic mass is 10.2. The molecule has 4 heterocycles. The highest BCUT2D eigenvalue weighted by molar-refractivity contribution is 6.11. The van der Waals surface area contributed by atoms with Crippen molar-refractivity contribution in [3.8, 4) is 0 Å². The lowest BCUT2D eigenvalue weighted by molar-refractivity contribution is -0.138. The number of amides is 2. The fourth-order valence-electron chi connectivity index (χ4n) is 3.44. The minimum atomic E-state index is -4.57. The largest absolute Gasteiger partial charge is 0.406 e. The quantitative estimate of drug-likeness (QED) is 0.602. The van der Waals surface area contributed by atoms with Gasteiger partial charge in [0.1, 0.15) is 12.2 Å². The van der Waals surface area contributed by atoms with Gasteiger partial charge in [-0.3, -0.25) is 14.3 Å². The Kier molecular flexibility index (Phi) is 5.93. The van der Waals surface area contributed by atoms with Gasteiger partial charge in [0.15, 0.2) is 5.65 Å². The number of morpholine rings is 1. The standard InChI is InChI=1S/C19H21F3N8O3/c1-27(11-19(20,21)22)17(32)13-10-23-28(2)15(13)16(31)24-12-3-4-30-14(9-12)25-18(26-30)29-5-7-33-8-6-29/h3-4,9-10H,5-8,11H2,1-2H3,(H,24,31). The van der Waals surface area contributed by atoms with Crippen molar-refractivity contribution in [2.24, 2.45) is 7.05 Å². The molecule has 0 spiro atoms. The first-order valence-corrected chi connectivity index (χ1v) is 9.97. The zero-order chi connectivity index (χ0) is 23.8. The Labute approximate surface area is 185 Å². The number of rotatable bonds is 5. The van der Waals surface area contributed by atoms with Gasteiger partial charge >= 0.3 is 6.18 Å². The molecule has 0 atom stereocenters. The highest BCUT2D eigenvalue weighted by Gasteiger charge is 2.33. The fourth-order valence-corrected chi connectivity index (χ4v) is 3.44. The van der Waals surface area contributed by atoms with Crippen molar-refractivity contribution in [2.75, 3.05) is 50.1 Å². The number of pyridine rings is 1. The van der Waals surface area contributed by atoms with Crippen LogP contribution in [0.15, 0.2) is 24.5 Å². The molecule has 0 radical (unpaired) electrons. The predicted octanol–water partition coefficient (Wildman–Crippen LogP) is 1.19. The lowest BCUT2D eigenvalue weighted by Crippen LogP contribution is -2.36. The van der Waals surface area contributed by atoms with Crippen LogP contribution in [0.2, 0.25) is 0 Å². The van der Waals surface area contributed by atoms with Crippen LogP contribution in [0.1, 0.15) is 20.8 Å². The Bertz CT molecular complexity index is 1180. The average Bonchev–Trinajstić information content (AvgIpc) is 3.35. The van der Waals surface area contributed by atoms with E-state index in [0.717, 1.165) is 17.9 Å². The van der Waals surface area contributed by atoms with Crippen molar-refractivity contribution in [3.63, 3.8) is 0 Å². The molecule has 0 bridgehead atoms. The van der Waals surface area contributed by atoms with Gasteiger partial charge in [0.25, 0.3) is 11.8 Å². The molecule has 0 saturated carbocycles. The van der Waals surface area contributed by atoms with Gasteiger partial charge in [0.05, 0.1) is 25.0 Å². The number of fused-ring (bicyclic) bond motifs is 1. The van der Waals surface area contributed by atoms with Crippen LogP contribution in [-0.4, -0.2) is 87.2 Å². The normalized spacial score (nSPS) is 14.5. The second-order valence-corrected chi connectivity index (χ2v) is 7.49. The molecule has 1 N–H and O–H groups in total. The van der Waals surface area contributed by atoms with Crippen molar-refractivity contribution >= 4 is 29.1 Å². The van der Waals surface area contributed by atoms with Crippen molar-refractivity contribution in [1.29, 1.82) is 0 Å². The van der Waals surface area contributed by atoms with Crippen molar-refractivity contribution in [3.05, 3.63) is 35.8 Å². The third kappa shape index (κ3) is 4.89. The Hall–Kier alpha value is -3.68. The molecule has 11 nitrogen and oxygen atoms in total. The molecule has 33 heavy (non-hydrogen) atoms. The van der Waals surface area contributed by atoms with Crippen molar-refractivity contribution < 1.29 is 27.5 Å². The summed E-state index contributed by atoms with van der Waals surface area (Å²) < 4.78 is 46.0. The zero-order valence-electron chi connectivity index (χ0n) is 17.8. The molecule has 0 aromatic carbocycles. The van der Waals surface area contributed by atoms with E-state index < -0.39 is 24.5 Å². The van der Waals surface area contributed by atoms with Crippen LogP contribution in [0.4, 0.5) is 24.8 Å². The summed E-state index contributed by atoms with van der Waals surface area (Å²) in [5.74, 6) is -1.13. The number of hydrogen-bond donors (Lipinski definition) is 1. The number of nitrogens with zero attached hydrogens (tertiary/aromatic N) is 7. The van der Waals surface area contributed by atoms with E-state index in [0.29, 0.717) is 48.5 Å². The predicted molar refractivity (Wildman–Crippen MR) is 110 cm³/mol. The van der Waals surface area contributed by atoms with Gasteiger partial charge in [-0.15, -0.1) is 5.10 Å². The van der Waals surface area contributed by atoms with Crippen molar-refractivity contribution in [1.82, 2.24) is 29.3 Å². The summed E-state index contributed by atoms with van der Waals surface area (Å²) in [4.78, 5) is 32.3. The number of halogens is 3. The number of alkyl halides is 3. The number of anilines is 2. The third-order valence-electron chi connectivity index (χ3n) is 5.03. The SMILES string of the molecule is CN(CC(F)(F)F)C(=O)c1cnn(C)c1C(=O)Nc1ccn2nc(N3CCOCC3)nc2c1. The van der Waals surface area contributed by atoms with Crippen molar-refractivity contribution in [2.45, 2.75) is 6.18 Å². The Morgan fingerprint density at radius 3 is 2.70 bits per heavy atom. The van der Waals surface area contributed by atoms with E-state index >= 15 is 0 Å². The van der Waals surface area contributed by atoms with Crippen LogP contribution >= 0.6 is 0 Å². The molecule has 3 aromatic heterocycles. The number of ether oxygens (including phenoxy) is 1. The van der Waals surface area contributed by atoms with Gasteiger partial charge in [0, 0.05) is 45.1 Å². The molecule has 1 aliphatic rings. The topological polar surface area (TPSA) is 110 Å². The maximum Gasteiger partial charge on any atom is 0.406 e. The van der Waals surface area contributed by atoms with Gasteiger partial charge in [0.2, 0.25) is 5.95 Å². The van der Waals surface area contributed by atoms with Crippen LogP contribution in [0, 0.1) is 0 Å². The van der Waals surface area contributed by atoms with E-state index in [-0.39, 0.29) is 11.3 Å². The first-order valence-electron chi connectivity index (χ1n) is 9.97. The highest BCUT2D eigenvalue weighted by Crippen LogP contribution is 2.20. The smallest absolute Gasteiger partial charge is 0.378 e. The zero-order valence-corrected chi connectivity index (χ0v) is 17.8. The van der Waals surface area contributed by atoms with E-state index in [9.17, 15) is 22.8 Å². The lowest BCUT2D eigenvalue weighted by Gasteiger charge is -2.25. The van der Waals surface area contributed by atoms with E-state index in [2.05, 4.69) is 20.5 Å². The van der Waals surface area contributed by atoms with Gasteiger partial charge in [-0.25, -0.2) is 4.52 Å². The van der Waals surface area contributed by atoms with Gasteiger partial charge in [-0.1, -0.05) is 0 Å². The summed E-state index contributed by atoms with van der Waals surface area (Å²) in [7, 11) is 2.43. The second kappa shape index (κ2) is 8.69. The van der Waals surface area contributed by atoms with Gasteiger partial charge in [-0.2, -0.15) is 23.3 Å². The molecule has 2 amide bonds. The van der Waals surface area contributed by atoms with Gasteiger partial charge < -0.3 is 19.9 Å². The minimum Gasteiger partial charge on any atom is -0.378 e. The second-order valence-electron chi connectivity index (χ2n) is 7.49. The summed E-state index contributed by atoms with van der Waals surface area (Å²) in [5.41, 5.74) is 0.460. The number of carbonyl (C=O) groups excluding carboxylic acids is 2. The molecule has 1 saturated heterocycles. The molecular formula is C19H21F3N8O3. The summed E-state index contributed by atoms with van der Waals surface area (Å²) >= 11 is 0. The summed E-state index contributed by atoms with van der Waals surface area (Å²) in [6.07, 6.45) is -1.88. The molecule has 0 aliphatic carbocycles. The Balaban J connectivity index is 1.53. The van der Waals surface area contributed by atoms with Crippen LogP contribution in [0.5, 0.6) is 0 Å². The fraction of sp³-hybridized carbons (Fsp3) is 0.421. The van der Waals surface area contributed by atoms with Crippen LogP contribution < -0.4 is 10.2 Å². The number of hydrogen-bond acceptors (Lipinski definition) is 7. The molecular weight excluding hydrogens is 445 g/mol. The van der Waals surface area contributed by atoms with Crippen LogP contribution in [0.25, 0.3) is 5.65 Å². The highest BCUT2D eigenvalue weighted by atomic mass is 19.4. The van der Waals surface area contributed by atoms with Crippen LogP contribution in [-0.2, 0) is 11.8 Å². The number of carbonyl (C=O) groups is 2. The average molecular weight is 466 g/mol. The molecule has 4 rings (SSSR count). The number of aromatic nitrogens is 5. The Morgan fingerprint density at radius 2 is 2.00 bits per heavy atom. The number of nitrogens with one attached hydrogen (secondary N) is 1. The maximum absolute atomic E-state index is 12.9. The maximum atomic E-state index is 12.9. The summed E-state index contributed by atoms with van der Waals surface area (Å²) in [6.45, 7) is 1.06. The number of aryl methyl sites for hydroxylation is 1. The Morgan fingerprint density at radius 1 is 1.27 bits per heavy atom. The molecule has 1 aliphatic heterocycles. The van der Waals surface area contributed by atoms with E-state index in [1.54, 1.807) is 22.8 Å². The first kappa shape index (κ1) is 22.5. The molecule has 176 valence electrons. The van der Waals surface area contributed by atoms with E-state index in [4.69, 9.17) is 4.74 Å². The van der Waals surface area contributed by atoms with Gasteiger partial charge in [-0.05, 0) is 6.07 Å². The van der Waals surface area contributed by atoms with E-state index in [1.165, 1.54) is 7.05 Å². The summed E-state index contributed by atoms with van der Waals surface area (Å²) in [6, 6.07) is 3.19.